The van der Waals surface area contributed by atoms with Crippen LogP contribution in [0.3, 0.4) is 0 Å². The molecule has 0 atom stereocenters. The van der Waals surface area contributed by atoms with E-state index in [1.165, 1.54) is 12.1 Å². The predicted octanol–water partition coefficient (Wildman–Crippen LogP) is 3.54. The van der Waals surface area contributed by atoms with Crippen molar-refractivity contribution in [3.8, 4) is 5.75 Å². The Morgan fingerprint density at radius 2 is 1.82 bits per heavy atom. The monoisotopic (exact) mass is 242 g/mol. The third-order valence-corrected chi connectivity index (χ3v) is 2.39. The summed E-state index contributed by atoms with van der Waals surface area (Å²) >= 11 is 0. The summed E-state index contributed by atoms with van der Waals surface area (Å²) in [6, 6.07) is 2.90. The van der Waals surface area contributed by atoms with E-state index >= 15 is 0 Å². The summed E-state index contributed by atoms with van der Waals surface area (Å²) < 4.78 is 30.1. The fourth-order valence-corrected chi connectivity index (χ4v) is 1.65. The molecule has 4 heteroatoms. The summed E-state index contributed by atoms with van der Waals surface area (Å²) in [6.45, 7) is 6.06. The van der Waals surface area contributed by atoms with Crippen LogP contribution in [-0.2, 0) is 0 Å². The van der Waals surface area contributed by atoms with Gasteiger partial charge in [0.25, 0.3) is 0 Å². The third-order valence-electron chi connectivity index (χ3n) is 2.39. The predicted molar refractivity (Wildman–Crippen MR) is 62.0 cm³/mol. The average Bonchev–Trinajstić information content (AvgIpc) is 2.26. The number of ether oxygens (including phenoxy) is 1. The molecular weight excluding hydrogens is 226 g/mol. The van der Waals surface area contributed by atoms with Crippen LogP contribution in [-0.4, -0.2) is 18.8 Å². The first-order chi connectivity index (χ1) is 7.97. The van der Waals surface area contributed by atoms with Gasteiger partial charge in [-0.1, -0.05) is 6.92 Å². The van der Waals surface area contributed by atoms with Crippen molar-refractivity contribution < 1.29 is 18.3 Å². The number of hydrogen-bond donors (Lipinski definition) is 0. The molecule has 0 aromatic heterocycles. The topological polar surface area (TPSA) is 26.3 Å². The standard InChI is InChI=1S/C13H16F2O2/c1-4-5-17-12-8(2)6-10(7-9(12)3)11(16)13(14)15/h6-7,13H,4-5H2,1-3H3. The molecule has 0 saturated carbocycles. The number of aryl methyl sites for hydroxylation is 2. The molecule has 1 rings (SSSR count). The molecule has 0 amide bonds. The van der Waals surface area contributed by atoms with Crippen molar-refractivity contribution in [3.05, 3.63) is 28.8 Å². The van der Waals surface area contributed by atoms with Crippen LogP contribution in [0.4, 0.5) is 8.78 Å². The first kappa shape index (κ1) is 13.6. The van der Waals surface area contributed by atoms with Crippen LogP contribution in [0.15, 0.2) is 12.1 Å². The summed E-state index contributed by atoms with van der Waals surface area (Å²) in [7, 11) is 0. The highest BCUT2D eigenvalue weighted by molar-refractivity contribution is 5.99. The van der Waals surface area contributed by atoms with Crippen molar-refractivity contribution in [1.82, 2.24) is 0 Å². The van der Waals surface area contributed by atoms with E-state index in [1.54, 1.807) is 13.8 Å². The van der Waals surface area contributed by atoms with Crippen molar-refractivity contribution in [2.75, 3.05) is 6.61 Å². The molecule has 1 aromatic rings. The van der Waals surface area contributed by atoms with Gasteiger partial charge in [-0.2, -0.15) is 0 Å². The van der Waals surface area contributed by atoms with E-state index in [2.05, 4.69) is 0 Å². The van der Waals surface area contributed by atoms with Crippen molar-refractivity contribution in [1.29, 1.82) is 0 Å². The smallest absolute Gasteiger partial charge is 0.300 e. The molecule has 0 bridgehead atoms. The Morgan fingerprint density at radius 1 is 1.29 bits per heavy atom. The molecule has 0 unspecified atom stereocenters. The maximum atomic E-state index is 12.3. The highest BCUT2D eigenvalue weighted by atomic mass is 19.3. The van der Waals surface area contributed by atoms with E-state index in [0.29, 0.717) is 23.5 Å². The van der Waals surface area contributed by atoms with Gasteiger partial charge in [0, 0.05) is 5.56 Å². The summed E-state index contributed by atoms with van der Waals surface area (Å²) in [5, 5.41) is 0. The van der Waals surface area contributed by atoms with Gasteiger partial charge in [-0.25, -0.2) is 8.78 Å². The second-order valence-corrected chi connectivity index (χ2v) is 3.95. The molecule has 17 heavy (non-hydrogen) atoms. The Kier molecular flexibility index (Phi) is 4.61. The molecule has 0 saturated heterocycles. The van der Waals surface area contributed by atoms with Crippen molar-refractivity contribution in [2.24, 2.45) is 0 Å². The van der Waals surface area contributed by atoms with Crippen LogP contribution in [0.2, 0.25) is 0 Å². The van der Waals surface area contributed by atoms with Crippen LogP contribution >= 0.6 is 0 Å². The zero-order valence-electron chi connectivity index (χ0n) is 10.2. The van der Waals surface area contributed by atoms with E-state index in [4.69, 9.17) is 4.74 Å². The molecule has 1 aromatic carbocycles. The Bertz CT molecular complexity index is 391. The molecule has 0 radical (unpaired) electrons. The van der Waals surface area contributed by atoms with Gasteiger partial charge in [0.2, 0.25) is 5.78 Å². The minimum atomic E-state index is -2.96. The van der Waals surface area contributed by atoms with E-state index in [9.17, 15) is 13.6 Å². The number of ketones is 1. The maximum Gasteiger partial charge on any atom is 0.300 e. The molecule has 0 aliphatic rings. The van der Waals surface area contributed by atoms with Crippen LogP contribution in [0, 0.1) is 13.8 Å². The number of hydrogen-bond acceptors (Lipinski definition) is 2. The lowest BCUT2D eigenvalue weighted by Gasteiger charge is -2.13. The Morgan fingerprint density at radius 3 is 2.24 bits per heavy atom. The molecule has 94 valence electrons. The largest absolute Gasteiger partial charge is 0.493 e. The summed E-state index contributed by atoms with van der Waals surface area (Å²) in [4.78, 5) is 11.2. The zero-order chi connectivity index (χ0) is 13.0. The lowest BCUT2D eigenvalue weighted by molar-refractivity contribution is 0.0678. The summed E-state index contributed by atoms with van der Waals surface area (Å²) in [5.41, 5.74) is 1.46. The molecular formula is C13H16F2O2. The highest BCUT2D eigenvalue weighted by Gasteiger charge is 2.19. The highest BCUT2D eigenvalue weighted by Crippen LogP contribution is 2.26. The first-order valence-corrected chi connectivity index (χ1v) is 5.53. The van der Waals surface area contributed by atoms with Gasteiger partial charge < -0.3 is 4.74 Å². The van der Waals surface area contributed by atoms with Gasteiger partial charge in [0.15, 0.2) is 0 Å². The fraction of sp³-hybridized carbons (Fsp3) is 0.462. The number of alkyl halides is 2. The molecule has 2 nitrogen and oxygen atoms in total. The minimum Gasteiger partial charge on any atom is -0.493 e. The van der Waals surface area contributed by atoms with Gasteiger partial charge in [0.1, 0.15) is 5.75 Å². The Balaban J connectivity index is 3.05. The van der Waals surface area contributed by atoms with Gasteiger partial charge in [-0.15, -0.1) is 0 Å². The lowest BCUT2D eigenvalue weighted by Crippen LogP contribution is -2.11. The fourth-order valence-electron chi connectivity index (χ4n) is 1.65. The number of carbonyl (C=O) groups is 1. The quantitative estimate of drug-likeness (QED) is 0.738. The normalized spacial score (nSPS) is 10.7. The zero-order valence-corrected chi connectivity index (χ0v) is 10.2. The number of carbonyl (C=O) groups excluding carboxylic acids is 1. The maximum absolute atomic E-state index is 12.3. The van der Waals surface area contributed by atoms with Crippen molar-refractivity contribution >= 4 is 5.78 Å². The average molecular weight is 242 g/mol. The van der Waals surface area contributed by atoms with E-state index in [-0.39, 0.29) is 5.56 Å². The number of benzene rings is 1. The van der Waals surface area contributed by atoms with E-state index < -0.39 is 12.2 Å². The number of rotatable bonds is 5. The van der Waals surface area contributed by atoms with Gasteiger partial charge in [0.05, 0.1) is 6.61 Å². The molecule has 0 fully saturated rings. The van der Waals surface area contributed by atoms with E-state index in [0.717, 1.165) is 6.42 Å². The molecule has 0 aliphatic carbocycles. The van der Waals surface area contributed by atoms with Gasteiger partial charge >= 0.3 is 6.43 Å². The van der Waals surface area contributed by atoms with Crippen LogP contribution in [0.5, 0.6) is 5.75 Å². The molecule has 0 N–H and O–H groups in total. The first-order valence-electron chi connectivity index (χ1n) is 5.53. The summed E-state index contributed by atoms with van der Waals surface area (Å²) in [5.74, 6) is -0.462. The van der Waals surface area contributed by atoms with Crippen molar-refractivity contribution in [2.45, 2.75) is 33.6 Å². The van der Waals surface area contributed by atoms with Crippen LogP contribution < -0.4 is 4.74 Å². The minimum absolute atomic E-state index is 0.0406. The molecule has 0 heterocycles. The second kappa shape index (κ2) is 5.75. The van der Waals surface area contributed by atoms with Crippen LogP contribution in [0.25, 0.3) is 0 Å². The molecule has 0 aliphatic heterocycles. The Hall–Kier alpha value is -1.45. The van der Waals surface area contributed by atoms with Gasteiger partial charge in [-0.3, -0.25) is 4.79 Å². The SMILES string of the molecule is CCCOc1c(C)cc(C(=O)C(F)F)cc1C. The number of halogens is 2. The summed E-state index contributed by atoms with van der Waals surface area (Å²) in [6.07, 6.45) is -2.09. The Labute approximate surface area is 99.6 Å². The lowest BCUT2D eigenvalue weighted by atomic mass is 10.0. The number of Topliss-reactive ketones (excluding diaryl/α,β-unsaturated/α-hetero) is 1. The van der Waals surface area contributed by atoms with Crippen LogP contribution in [0.1, 0.15) is 34.8 Å². The second-order valence-electron chi connectivity index (χ2n) is 3.95. The third kappa shape index (κ3) is 3.25. The molecule has 0 spiro atoms. The van der Waals surface area contributed by atoms with Gasteiger partial charge in [-0.05, 0) is 43.5 Å². The van der Waals surface area contributed by atoms with Crippen molar-refractivity contribution in [3.63, 3.8) is 0 Å². The van der Waals surface area contributed by atoms with E-state index in [1.807, 2.05) is 6.92 Å².